The number of thiophene rings is 1. The summed E-state index contributed by atoms with van der Waals surface area (Å²) >= 11 is 1.39. The van der Waals surface area contributed by atoms with E-state index < -0.39 is 0 Å². The van der Waals surface area contributed by atoms with E-state index in [0.717, 1.165) is 13.0 Å². The number of amides is 1. The molecule has 0 radical (unpaired) electrons. The Bertz CT molecular complexity index is 495. The smallest absolute Gasteiger partial charge is 0.266 e. The monoisotopic (exact) mass is 262 g/mol. The molecule has 0 unspecified atom stereocenters. The van der Waals surface area contributed by atoms with Crippen molar-refractivity contribution in [3.63, 3.8) is 0 Å². The zero-order valence-electron chi connectivity index (χ0n) is 10.0. The maximum atomic E-state index is 11.7. The van der Waals surface area contributed by atoms with Gasteiger partial charge < -0.3 is 10.6 Å². The highest BCUT2D eigenvalue weighted by Gasteiger charge is 2.07. The van der Waals surface area contributed by atoms with E-state index in [9.17, 15) is 4.79 Å². The van der Waals surface area contributed by atoms with Gasteiger partial charge in [0, 0.05) is 6.54 Å². The largest absolute Gasteiger partial charge is 0.369 e. The highest BCUT2D eigenvalue weighted by molar-refractivity contribution is 7.12. The van der Waals surface area contributed by atoms with E-state index in [-0.39, 0.29) is 5.91 Å². The fourth-order valence-corrected chi connectivity index (χ4v) is 1.95. The number of nitrogens with one attached hydrogen (secondary N) is 2. The average Bonchev–Trinajstić information content (AvgIpc) is 2.92. The Morgan fingerprint density at radius 1 is 1.28 bits per heavy atom. The van der Waals surface area contributed by atoms with Gasteiger partial charge in [0.15, 0.2) is 5.82 Å². The van der Waals surface area contributed by atoms with Crippen LogP contribution in [0.2, 0.25) is 0 Å². The molecule has 0 aliphatic rings. The fourth-order valence-electron chi connectivity index (χ4n) is 1.33. The van der Waals surface area contributed by atoms with Crippen molar-refractivity contribution in [3.8, 4) is 0 Å². The first-order valence-electron chi connectivity index (χ1n) is 5.72. The lowest BCUT2D eigenvalue weighted by Crippen LogP contribution is -2.12. The minimum atomic E-state index is -0.159. The second kappa shape index (κ2) is 6.11. The van der Waals surface area contributed by atoms with Gasteiger partial charge in [-0.1, -0.05) is 13.0 Å². The highest BCUT2D eigenvalue weighted by Crippen LogP contribution is 2.12. The molecule has 0 atom stereocenters. The van der Waals surface area contributed by atoms with Crippen molar-refractivity contribution in [2.24, 2.45) is 0 Å². The number of carbonyl (C=O) groups is 1. The van der Waals surface area contributed by atoms with E-state index in [1.807, 2.05) is 11.4 Å². The minimum Gasteiger partial charge on any atom is -0.369 e. The molecule has 2 N–H and O–H groups in total. The van der Waals surface area contributed by atoms with Crippen LogP contribution in [0.3, 0.4) is 0 Å². The van der Waals surface area contributed by atoms with Crippen LogP contribution in [0, 0.1) is 0 Å². The van der Waals surface area contributed by atoms with Gasteiger partial charge in [-0.05, 0) is 30.0 Å². The van der Waals surface area contributed by atoms with Gasteiger partial charge >= 0.3 is 0 Å². The van der Waals surface area contributed by atoms with Crippen molar-refractivity contribution in [3.05, 3.63) is 34.5 Å². The number of hydrogen-bond donors (Lipinski definition) is 2. The molecule has 2 aromatic rings. The molecule has 2 aromatic heterocycles. The number of nitrogens with zero attached hydrogens (tertiary/aromatic N) is 2. The molecule has 0 aliphatic heterocycles. The van der Waals surface area contributed by atoms with Gasteiger partial charge in [-0.2, -0.15) is 0 Å². The van der Waals surface area contributed by atoms with Crippen LogP contribution in [0.1, 0.15) is 23.0 Å². The predicted molar refractivity (Wildman–Crippen MR) is 73.1 cm³/mol. The predicted octanol–water partition coefficient (Wildman–Crippen LogP) is 2.61. The standard InChI is InChI=1S/C12H14N4OS/c1-2-7-13-10-5-6-11(16-15-10)14-12(17)9-4-3-8-18-9/h3-6,8H,2,7H2,1H3,(H,13,15)(H,14,16,17). The van der Waals surface area contributed by atoms with Crippen LogP contribution in [-0.2, 0) is 0 Å². The second-order valence-electron chi connectivity index (χ2n) is 3.66. The van der Waals surface area contributed by atoms with Gasteiger partial charge in [0.05, 0.1) is 4.88 Å². The lowest BCUT2D eigenvalue weighted by molar-refractivity contribution is 0.103. The maximum absolute atomic E-state index is 11.7. The molecule has 0 bridgehead atoms. The van der Waals surface area contributed by atoms with Crippen LogP contribution < -0.4 is 10.6 Å². The molecule has 0 aromatic carbocycles. The number of carbonyl (C=O) groups excluding carboxylic acids is 1. The highest BCUT2D eigenvalue weighted by atomic mass is 32.1. The molecule has 94 valence electrons. The molecule has 5 nitrogen and oxygen atoms in total. The van der Waals surface area contributed by atoms with Crippen molar-refractivity contribution in [1.82, 2.24) is 10.2 Å². The van der Waals surface area contributed by atoms with Crippen molar-refractivity contribution in [1.29, 1.82) is 0 Å². The summed E-state index contributed by atoms with van der Waals surface area (Å²) in [5.41, 5.74) is 0. The molecule has 0 fully saturated rings. The third-order valence-electron chi connectivity index (χ3n) is 2.21. The summed E-state index contributed by atoms with van der Waals surface area (Å²) in [5.74, 6) is 1.01. The lowest BCUT2D eigenvalue weighted by Gasteiger charge is -2.04. The van der Waals surface area contributed by atoms with E-state index in [0.29, 0.717) is 16.5 Å². The normalized spacial score (nSPS) is 10.1. The van der Waals surface area contributed by atoms with E-state index >= 15 is 0 Å². The van der Waals surface area contributed by atoms with Crippen LogP contribution in [0.25, 0.3) is 0 Å². The van der Waals surface area contributed by atoms with E-state index in [1.165, 1.54) is 11.3 Å². The molecule has 0 aliphatic carbocycles. The first kappa shape index (κ1) is 12.5. The summed E-state index contributed by atoms with van der Waals surface area (Å²) in [6, 6.07) is 7.14. The van der Waals surface area contributed by atoms with Gasteiger partial charge in [-0.15, -0.1) is 21.5 Å². The van der Waals surface area contributed by atoms with Gasteiger partial charge in [0.25, 0.3) is 5.91 Å². The van der Waals surface area contributed by atoms with Crippen LogP contribution in [0.5, 0.6) is 0 Å². The molecule has 0 saturated carbocycles. The quantitative estimate of drug-likeness (QED) is 0.869. The SMILES string of the molecule is CCCNc1ccc(NC(=O)c2cccs2)nn1. The first-order chi connectivity index (χ1) is 8.79. The Kier molecular flexibility index (Phi) is 4.25. The summed E-state index contributed by atoms with van der Waals surface area (Å²) in [6.45, 7) is 2.94. The Balaban J connectivity index is 1.96. The fraction of sp³-hybridized carbons (Fsp3) is 0.250. The van der Waals surface area contributed by atoms with Gasteiger partial charge in [-0.25, -0.2) is 0 Å². The van der Waals surface area contributed by atoms with Crippen LogP contribution in [0.4, 0.5) is 11.6 Å². The molecule has 6 heteroatoms. The van der Waals surface area contributed by atoms with E-state index in [2.05, 4.69) is 27.8 Å². The average molecular weight is 262 g/mol. The summed E-state index contributed by atoms with van der Waals surface area (Å²) < 4.78 is 0. The number of anilines is 2. The molecule has 2 rings (SSSR count). The van der Waals surface area contributed by atoms with Gasteiger partial charge in [0.2, 0.25) is 0 Å². The van der Waals surface area contributed by atoms with Crippen molar-refractivity contribution in [2.75, 3.05) is 17.2 Å². The Morgan fingerprint density at radius 2 is 2.06 bits per heavy atom. The maximum Gasteiger partial charge on any atom is 0.266 e. The molecule has 0 spiro atoms. The molecule has 1 amide bonds. The summed E-state index contributed by atoms with van der Waals surface area (Å²) in [5, 5.41) is 15.6. The number of aromatic nitrogens is 2. The topological polar surface area (TPSA) is 66.9 Å². The van der Waals surface area contributed by atoms with Crippen LogP contribution in [0.15, 0.2) is 29.6 Å². The zero-order chi connectivity index (χ0) is 12.8. The van der Waals surface area contributed by atoms with Gasteiger partial charge in [0.1, 0.15) is 5.82 Å². The zero-order valence-corrected chi connectivity index (χ0v) is 10.8. The van der Waals surface area contributed by atoms with Crippen LogP contribution in [-0.4, -0.2) is 22.6 Å². The van der Waals surface area contributed by atoms with Crippen LogP contribution >= 0.6 is 11.3 Å². The molecule has 18 heavy (non-hydrogen) atoms. The van der Waals surface area contributed by atoms with Gasteiger partial charge in [-0.3, -0.25) is 4.79 Å². The number of hydrogen-bond acceptors (Lipinski definition) is 5. The van der Waals surface area contributed by atoms with Crippen molar-refractivity contribution in [2.45, 2.75) is 13.3 Å². The van der Waals surface area contributed by atoms with Crippen molar-refractivity contribution < 1.29 is 4.79 Å². The number of rotatable bonds is 5. The second-order valence-corrected chi connectivity index (χ2v) is 4.61. The Labute approximate surface area is 109 Å². The molecule has 0 saturated heterocycles. The molecular formula is C12H14N4OS. The minimum absolute atomic E-state index is 0.159. The Hall–Kier alpha value is -1.95. The lowest BCUT2D eigenvalue weighted by atomic mass is 10.4. The molecular weight excluding hydrogens is 248 g/mol. The summed E-state index contributed by atoms with van der Waals surface area (Å²) in [6.07, 6.45) is 1.03. The Morgan fingerprint density at radius 3 is 2.67 bits per heavy atom. The van der Waals surface area contributed by atoms with E-state index in [4.69, 9.17) is 0 Å². The summed E-state index contributed by atoms with van der Waals surface area (Å²) in [7, 11) is 0. The summed E-state index contributed by atoms with van der Waals surface area (Å²) in [4.78, 5) is 12.4. The van der Waals surface area contributed by atoms with E-state index in [1.54, 1.807) is 18.2 Å². The first-order valence-corrected chi connectivity index (χ1v) is 6.60. The molecule has 2 heterocycles. The van der Waals surface area contributed by atoms with Crippen molar-refractivity contribution >= 4 is 28.9 Å². The third-order valence-corrected chi connectivity index (χ3v) is 3.08. The third kappa shape index (κ3) is 3.27.